The molecule has 4 nitrogen and oxygen atoms in total. The number of amides is 2. The topological polar surface area (TPSA) is 58.2 Å². The third kappa shape index (κ3) is 7.35. The number of thioether (sulfide) groups is 1. The molecular formula is C22H27FN2O2S. The maximum Gasteiger partial charge on any atom is 0.237 e. The van der Waals surface area contributed by atoms with Crippen LogP contribution in [-0.2, 0) is 9.59 Å². The first kappa shape index (κ1) is 22.0. The van der Waals surface area contributed by atoms with Gasteiger partial charge in [0.2, 0.25) is 11.8 Å². The van der Waals surface area contributed by atoms with E-state index in [9.17, 15) is 14.0 Å². The highest BCUT2D eigenvalue weighted by Crippen LogP contribution is 2.29. The van der Waals surface area contributed by atoms with Crippen LogP contribution in [0.25, 0.3) is 0 Å². The summed E-state index contributed by atoms with van der Waals surface area (Å²) in [6.07, 6.45) is 1.07. The molecule has 0 fully saturated rings. The lowest BCUT2D eigenvalue weighted by Gasteiger charge is -2.18. The average molecular weight is 403 g/mol. The molecule has 1 atom stereocenters. The van der Waals surface area contributed by atoms with Crippen molar-refractivity contribution in [3.8, 4) is 0 Å². The smallest absolute Gasteiger partial charge is 0.237 e. The third-order valence-corrected chi connectivity index (χ3v) is 5.22. The van der Waals surface area contributed by atoms with Gasteiger partial charge in [0.05, 0.1) is 5.25 Å². The van der Waals surface area contributed by atoms with E-state index in [1.54, 1.807) is 0 Å². The fraction of sp³-hybridized carbons (Fsp3) is 0.364. The number of hydrogen-bond acceptors (Lipinski definition) is 3. The summed E-state index contributed by atoms with van der Waals surface area (Å²) in [7, 11) is 0. The Hall–Kier alpha value is -2.34. The van der Waals surface area contributed by atoms with E-state index in [1.165, 1.54) is 36.0 Å². The molecule has 0 aliphatic rings. The molecule has 2 aromatic carbocycles. The number of hydrogen-bond donors (Lipinski definition) is 2. The number of rotatable bonds is 7. The summed E-state index contributed by atoms with van der Waals surface area (Å²) in [5.74, 6) is -0.512. The molecule has 0 bridgehead atoms. The standard InChI is InChI=1S/C22H27FN2O2S/c1-5-19(21(27)25-16-11-9-15(23)10-12-16)28-18-8-6-7-17(13-18)24-20(26)14-22(2,3)4/h6-13,19H,5,14H2,1-4H3,(H,24,26)(H,25,27). The molecule has 28 heavy (non-hydrogen) atoms. The predicted octanol–water partition coefficient (Wildman–Crippen LogP) is 5.71. The zero-order valence-corrected chi connectivity index (χ0v) is 17.5. The van der Waals surface area contributed by atoms with Crippen molar-refractivity contribution in [1.82, 2.24) is 0 Å². The first-order valence-corrected chi connectivity index (χ1v) is 10.2. The van der Waals surface area contributed by atoms with Crippen molar-refractivity contribution >= 4 is 35.0 Å². The summed E-state index contributed by atoms with van der Waals surface area (Å²) in [6.45, 7) is 8.00. The Morgan fingerprint density at radius 2 is 1.71 bits per heavy atom. The van der Waals surface area contributed by atoms with Crippen LogP contribution in [0.4, 0.5) is 15.8 Å². The summed E-state index contributed by atoms with van der Waals surface area (Å²) >= 11 is 1.44. The fourth-order valence-corrected chi connectivity index (χ4v) is 3.59. The first-order valence-electron chi connectivity index (χ1n) is 9.29. The number of carbonyl (C=O) groups excluding carboxylic acids is 2. The molecule has 0 radical (unpaired) electrons. The number of halogens is 1. The monoisotopic (exact) mass is 402 g/mol. The van der Waals surface area contributed by atoms with Gasteiger partial charge in [0.1, 0.15) is 5.82 Å². The van der Waals surface area contributed by atoms with Crippen molar-refractivity contribution < 1.29 is 14.0 Å². The lowest BCUT2D eigenvalue weighted by molar-refractivity contribution is -0.118. The second-order valence-corrected chi connectivity index (χ2v) is 9.10. The zero-order valence-electron chi connectivity index (χ0n) is 16.7. The van der Waals surface area contributed by atoms with E-state index in [2.05, 4.69) is 10.6 Å². The van der Waals surface area contributed by atoms with Gasteiger partial charge in [-0.1, -0.05) is 33.8 Å². The van der Waals surface area contributed by atoms with Gasteiger partial charge in [-0.15, -0.1) is 11.8 Å². The summed E-state index contributed by atoms with van der Waals surface area (Å²) in [6, 6.07) is 13.2. The van der Waals surface area contributed by atoms with Crippen molar-refractivity contribution in [3.63, 3.8) is 0 Å². The molecule has 6 heteroatoms. The van der Waals surface area contributed by atoms with Gasteiger partial charge in [0.15, 0.2) is 0 Å². The zero-order chi connectivity index (χ0) is 20.7. The van der Waals surface area contributed by atoms with E-state index in [0.29, 0.717) is 24.2 Å². The Bertz CT molecular complexity index is 816. The molecular weight excluding hydrogens is 375 g/mol. The second-order valence-electron chi connectivity index (χ2n) is 7.82. The Labute approximate surface area is 170 Å². The molecule has 2 rings (SSSR count). The van der Waals surface area contributed by atoms with Crippen molar-refractivity contribution in [2.45, 2.75) is 50.7 Å². The summed E-state index contributed by atoms with van der Waals surface area (Å²) in [4.78, 5) is 25.6. The molecule has 0 aromatic heterocycles. The maximum atomic E-state index is 13.0. The van der Waals surface area contributed by atoms with Gasteiger partial charge in [-0.3, -0.25) is 9.59 Å². The summed E-state index contributed by atoms with van der Waals surface area (Å²) in [5, 5.41) is 5.43. The molecule has 2 aromatic rings. The highest BCUT2D eigenvalue weighted by Gasteiger charge is 2.19. The van der Waals surface area contributed by atoms with Gasteiger partial charge in [-0.25, -0.2) is 4.39 Å². The summed E-state index contributed by atoms with van der Waals surface area (Å²) in [5.41, 5.74) is 1.20. The number of nitrogens with one attached hydrogen (secondary N) is 2. The fourth-order valence-electron chi connectivity index (χ4n) is 2.58. The minimum atomic E-state index is -0.343. The Balaban J connectivity index is 2.01. The molecule has 150 valence electrons. The Morgan fingerprint density at radius 3 is 2.32 bits per heavy atom. The van der Waals surface area contributed by atoms with Crippen LogP contribution in [-0.4, -0.2) is 17.1 Å². The SMILES string of the molecule is CCC(Sc1cccc(NC(=O)CC(C)(C)C)c1)C(=O)Nc1ccc(F)cc1. The third-order valence-electron chi connectivity index (χ3n) is 3.86. The molecule has 0 aliphatic carbocycles. The number of carbonyl (C=O) groups is 2. The van der Waals surface area contributed by atoms with Crippen LogP contribution in [0, 0.1) is 11.2 Å². The quantitative estimate of drug-likeness (QED) is 0.583. The molecule has 0 aliphatic heterocycles. The van der Waals surface area contributed by atoms with Gasteiger partial charge in [-0.05, 0) is 54.3 Å². The van der Waals surface area contributed by atoms with Crippen molar-refractivity contribution in [1.29, 1.82) is 0 Å². The van der Waals surface area contributed by atoms with Crippen molar-refractivity contribution in [2.24, 2.45) is 5.41 Å². The summed E-state index contributed by atoms with van der Waals surface area (Å²) < 4.78 is 13.0. The number of benzene rings is 2. The molecule has 0 saturated carbocycles. The van der Waals surface area contributed by atoms with Gasteiger partial charge < -0.3 is 10.6 Å². The first-order chi connectivity index (χ1) is 13.2. The highest BCUT2D eigenvalue weighted by atomic mass is 32.2. The van der Waals surface area contributed by atoms with Gasteiger partial charge in [0, 0.05) is 22.7 Å². The predicted molar refractivity (Wildman–Crippen MR) is 114 cm³/mol. The molecule has 0 saturated heterocycles. The van der Waals surface area contributed by atoms with Crippen molar-refractivity contribution in [2.75, 3.05) is 10.6 Å². The van der Waals surface area contributed by atoms with E-state index < -0.39 is 0 Å². The normalized spacial score (nSPS) is 12.3. The van der Waals surface area contributed by atoms with E-state index in [1.807, 2.05) is 52.0 Å². The van der Waals surface area contributed by atoms with Crippen LogP contribution < -0.4 is 10.6 Å². The van der Waals surface area contributed by atoms with Crippen LogP contribution in [0.3, 0.4) is 0 Å². The van der Waals surface area contributed by atoms with E-state index in [0.717, 1.165) is 4.90 Å². The minimum absolute atomic E-state index is 0.0317. The van der Waals surface area contributed by atoms with Gasteiger partial charge >= 0.3 is 0 Å². The highest BCUT2D eigenvalue weighted by molar-refractivity contribution is 8.00. The molecule has 0 heterocycles. The molecule has 0 spiro atoms. The van der Waals surface area contributed by atoms with Crippen LogP contribution in [0.5, 0.6) is 0 Å². The Kier molecular flexibility index (Phi) is 7.63. The van der Waals surface area contributed by atoms with E-state index in [4.69, 9.17) is 0 Å². The molecule has 1 unspecified atom stereocenters. The average Bonchev–Trinajstić information content (AvgIpc) is 2.60. The lowest BCUT2D eigenvalue weighted by atomic mass is 9.92. The van der Waals surface area contributed by atoms with Crippen LogP contribution in [0.1, 0.15) is 40.5 Å². The lowest BCUT2D eigenvalue weighted by Crippen LogP contribution is -2.24. The van der Waals surface area contributed by atoms with E-state index in [-0.39, 0.29) is 28.3 Å². The Morgan fingerprint density at radius 1 is 1.04 bits per heavy atom. The second kappa shape index (κ2) is 9.73. The van der Waals surface area contributed by atoms with Crippen molar-refractivity contribution in [3.05, 3.63) is 54.3 Å². The minimum Gasteiger partial charge on any atom is -0.326 e. The number of anilines is 2. The largest absolute Gasteiger partial charge is 0.326 e. The molecule has 2 amide bonds. The van der Waals surface area contributed by atoms with Crippen LogP contribution in [0.2, 0.25) is 0 Å². The van der Waals surface area contributed by atoms with Gasteiger partial charge in [-0.2, -0.15) is 0 Å². The maximum absolute atomic E-state index is 13.0. The van der Waals surface area contributed by atoms with Crippen LogP contribution in [0.15, 0.2) is 53.4 Å². The van der Waals surface area contributed by atoms with Gasteiger partial charge in [0.25, 0.3) is 0 Å². The van der Waals surface area contributed by atoms with E-state index >= 15 is 0 Å². The molecule has 2 N–H and O–H groups in total. The van der Waals surface area contributed by atoms with Crippen LogP contribution >= 0.6 is 11.8 Å².